The summed E-state index contributed by atoms with van der Waals surface area (Å²) in [5.41, 5.74) is 23.6. The monoisotopic (exact) mass is 985 g/mol. The molecule has 0 N–H and O–H groups in total. The molecule has 11 aromatic rings. The molecular weight excluding hydrogens is 917 g/mol. The first-order chi connectivity index (χ1) is 36.8. The maximum absolute atomic E-state index is 6.28. The van der Waals surface area contributed by atoms with Crippen LogP contribution in [0.3, 0.4) is 0 Å². The molecule has 0 bridgehead atoms. The molecule has 0 saturated carbocycles. The van der Waals surface area contributed by atoms with Crippen molar-refractivity contribution in [3.05, 3.63) is 285 Å². The van der Waals surface area contributed by atoms with Crippen LogP contribution in [0.5, 0.6) is 0 Å². The summed E-state index contributed by atoms with van der Waals surface area (Å²) in [6.07, 6.45) is 3.91. The lowest BCUT2D eigenvalue weighted by molar-refractivity contribution is 0.560. The zero-order valence-corrected chi connectivity index (χ0v) is 45.3. The van der Waals surface area contributed by atoms with Crippen molar-refractivity contribution < 1.29 is 4.42 Å². The molecule has 1 heterocycles. The van der Waals surface area contributed by atoms with Gasteiger partial charge in [-0.25, -0.2) is 0 Å². The Bertz CT molecular complexity index is 3930. The van der Waals surface area contributed by atoms with Crippen LogP contribution in [-0.4, -0.2) is 0 Å². The second kappa shape index (κ2) is 18.5. The lowest BCUT2D eigenvalue weighted by Crippen LogP contribution is -2.29. The first kappa shape index (κ1) is 47.9. The van der Waals surface area contributed by atoms with Gasteiger partial charge in [0.2, 0.25) is 0 Å². The van der Waals surface area contributed by atoms with Crippen LogP contribution < -0.4 is 0 Å². The number of fused-ring (bicyclic) bond motifs is 11. The number of aryl methyl sites for hydroxylation is 1. The van der Waals surface area contributed by atoms with Crippen LogP contribution in [0.2, 0.25) is 0 Å². The van der Waals surface area contributed by atoms with Gasteiger partial charge in [-0.2, -0.15) is 0 Å². The van der Waals surface area contributed by atoms with Crippen molar-refractivity contribution in [2.75, 3.05) is 0 Å². The largest absolute Gasteiger partial charge is 0.456 e. The van der Waals surface area contributed by atoms with Gasteiger partial charge < -0.3 is 4.42 Å². The molecule has 0 amide bonds. The van der Waals surface area contributed by atoms with Crippen LogP contribution in [0.15, 0.2) is 223 Å². The molecule has 3 atom stereocenters. The number of benzene rings is 10. The van der Waals surface area contributed by atoms with E-state index in [1.807, 2.05) is 0 Å². The van der Waals surface area contributed by atoms with Crippen molar-refractivity contribution >= 4 is 32.7 Å². The van der Waals surface area contributed by atoms with Crippen LogP contribution in [0.1, 0.15) is 139 Å². The number of hydrogen-bond donors (Lipinski definition) is 0. The molecule has 2 aliphatic carbocycles. The Morgan fingerprint density at radius 3 is 1.79 bits per heavy atom. The summed E-state index contributed by atoms with van der Waals surface area (Å²) in [5, 5.41) is 5.05. The van der Waals surface area contributed by atoms with Gasteiger partial charge in [0, 0.05) is 10.8 Å². The van der Waals surface area contributed by atoms with E-state index in [0.717, 1.165) is 36.8 Å². The van der Waals surface area contributed by atoms with Gasteiger partial charge in [0.25, 0.3) is 0 Å². The van der Waals surface area contributed by atoms with Crippen LogP contribution in [0.4, 0.5) is 0 Å². The number of hydrogen-bond acceptors (Lipinski definition) is 1. The highest BCUT2D eigenvalue weighted by Crippen LogP contribution is 2.59. The summed E-state index contributed by atoms with van der Waals surface area (Å²) in [6, 6.07) is 83.7. The van der Waals surface area contributed by atoms with Crippen molar-refractivity contribution in [3.8, 4) is 22.3 Å². The molecule has 10 aromatic carbocycles. The molecule has 76 heavy (non-hydrogen) atoms. The fourth-order valence-electron chi connectivity index (χ4n) is 13.6. The summed E-state index contributed by atoms with van der Waals surface area (Å²) in [6.45, 7) is 16.6. The topological polar surface area (TPSA) is 13.1 Å². The number of para-hydroxylation sites is 1. The highest BCUT2D eigenvalue weighted by Gasteiger charge is 2.48. The van der Waals surface area contributed by atoms with Crippen LogP contribution >= 0.6 is 0 Å². The summed E-state index contributed by atoms with van der Waals surface area (Å²) in [7, 11) is 0. The second-order valence-electron chi connectivity index (χ2n) is 24.3. The summed E-state index contributed by atoms with van der Waals surface area (Å²) in [5.74, 6) is 0.881. The van der Waals surface area contributed by atoms with E-state index in [1.54, 1.807) is 0 Å². The maximum Gasteiger partial charge on any atom is 0.135 e. The molecule has 13 rings (SSSR count). The van der Waals surface area contributed by atoms with Gasteiger partial charge in [0.05, 0.1) is 5.41 Å². The molecular formula is C75H68O. The summed E-state index contributed by atoms with van der Waals surface area (Å²) in [4.78, 5) is 0. The third kappa shape index (κ3) is 8.05. The average molecular weight is 985 g/mol. The molecule has 2 aliphatic rings. The molecule has 0 fully saturated rings. The third-order valence-electron chi connectivity index (χ3n) is 17.8. The van der Waals surface area contributed by atoms with E-state index in [0.29, 0.717) is 11.8 Å². The van der Waals surface area contributed by atoms with Gasteiger partial charge in [0.1, 0.15) is 11.2 Å². The molecule has 0 spiro atoms. The highest BCUT2D eigenvalue weighted by atomic mass is 16.3. The molecule has 1 nitrogen and oxygen atoms in total. The van der Waals surface area contributed by atoms with Gasteiger partial charge in [0.15, 0.2) is 0 Å². The Morgan fingerprint density at radius 1 is 0.487 bits per heavy atom. The second-order valence-corrected chi connectivity index (χ2v) is 24.3. The number of furan rings is 1. The SMILES string of the molecule is CC(c1ccc2c(c1)C(c1ccccc1)(c1ccccc1)c1cc(CCC(Cc3ccc4oc5ccccc5c4c3)c3ccccc3)c3ccccc3c1-2)C1Cc2ccc(C(C)(C)C)cc2-c2cc(C(C)(C)C)ccc21. The quantitative estimate of drug-likeness (QED) is 0.133. The zero-order chi connectivity index (χ0) is 51.9. The Balaban J connectivity index is 0.947. The van der Waals surface area contributed by atoms with Gasteiger partial charge in [-0.1, -0.05) is 249 Å². The van der Waals surface area contributed by atoms with E-state index in [-0.39, 0.29) is 16.7 Å². The third-order valence-corrected chi connectivity index (χ3v) is 17.8. The smallest absolute Gasteiger partial charge is 0.135 e. The van der Waals surface area contributed by atoms with E-state index >= 15 is 0 Å². The van der Waals surface area contributed by atoms with Crippen molar-refractivity contribution in [1.82, 2.24) is 0 Å². The summed E-state index contributed by atoms with van der Waals surface area (Å²) < 4.78 is 6.28. The predicted molar refractivity (Wildman–Crippen MR) is 320 cm³/mol. The molecule has 0 radical (unpaired) electrons. The minimum Gasteiger partial charge on any atom is -0.456 e. The van der Waals surface area contributed by atoms with E-state index in [2.05, 4.69) is 267 Å². The van der Waals surface area contributed by atoms with Crippen LogP contribution in [-0.2, 0) is 35.5 Å². The molecule has 1 heteroatoms. The minimum absolute atomic E-state index is 0.0443. The Morgan fingerprint density at radius 2 is 1.09 bits per heavy atom. The first-order valence-electron chi connectivity index (χ1n) is 27.9. The lowest BCUT2D eigenvalue weighted by atomic mass is 9.66. The predicted octanol–water partition coefficient (Wildman–Crippen LogP) is 19.8. The normalized spacial score (nSPS) is 15.5. The van der Waals surface area contributed by atoms with E-state index in [1.165, 1.54) is 111 Å². The van der Waals surface area contributed by atoms with Gasteiger partial charge in [-0.3, -0.25) is 0 Å². The fourth-order valence-corrected chi connectivity index (χ4v) is 13.6. The number of rotatable bonds is 10. The van der Waals surface area contributed by atoms with Gasteiger partial charge in [-0.15, -0.1) is 0 Å². The molecule has 1 aromatic heterocycles. The van der Waals surface area contributed by atoms with Gasteiger partial charge >= 0.3 is 0 Å². The molecule has 0 aliphatic heterocycles. The van der Waals surface area contributed by atoms with Crippen molar-refractivity contribution in [2.24, 2.45) is 0 Å². The van der Waals surface area contributed by atoms with Crippen LogP contribution in [0, 0.1) is 0 Å². The van der Waals surface area contributed by atoms with Crippen molar-refractivity contribution in [1.29, 1.82) is 0 Å². The Hall–Kier alpha value is -7.74. The first-order valence-corrected chi connectivity index (χ1v) is 27.9. The van der Waals surface area contributed by atoms with Gasteiger partial charge in [-0.05, 0) is 172 Å². The fraction of sp³-hybridized carbons (Fsp3) is 0.227. The zero-order valence-electron chi connectivity index (χ0n) is 45.3. The van der Waals surface area contributed by atoms with E-state index < -0.39 is 5.41 Å². The van der Waals surface area contributed by atoms with Crippen molar-refractivity contribution in [2.45, 2.75) is 108 Å². The minimum atomic E-state index is -0.550. The molecule has 374 valence electrons. The van der Waals surface area contributed by atoms with Crippen LogP contribution in [0.25, 0.3) is 55.0 Å². The lowest BCUT2D eigenvalue weighted by Gasteiger charge is -2.36. The van der Waals surface area contributed by atoms with Crippen molar-refractivity contribution in [3.63, 3.8) is 0 Å². The summed E-state index contributed by atoms with van der Waals surface area (Å²) >= 11 is 0. The Labute approximate surface area is 450 Å². The van der Waals surface area contributed by atoms with E-state index in [4.69, 9.17) is 4.42 Å². The molecule has 0 saturated heterocycles. The maximum atomic E-state index is 6.28. The highest BCUT2D eigenvalue weighted by molar-refractivity contribution is 6.06. The standard InChI is InChI=1S/C75H68O/c1-48(64-43-53-34-36-57(73(2,3)4)46-65(53)66-47-58(74(5,6)7)37-39-60(64)66)51-35-38-63-68(44-51)75(55-23-13-9-14-24-55,56-25-15-10-16-26-56)69-45-54(59-27-17-18-29-62(59)72(63)69)33-32-52(50-21-11-8-12-22-50)41-49-31-40-71-67(42-49)61-28-19-20-30-70(61)76-71/h8-31,34-40,42,44-48,52,64H,32-33,41,43H2,1-7H3. The van der Waals surface area contributed by atoms with E-state index in [9.17, 15) is 0 Å². The average Bonchev–Trinajstić information content (AvgIpc) is 4.20. The molecule has 3 unspecified atom stereocenters. The Kier molecular flexibility index (Phi) is 11.7.